The summed E-state index contributed by atoms with van der Waals surface area (Å²) in [6.45, 7) is 2.13. The number of nitriles is 1. The second-order valence-corrected chi connectivity index (χ2v) is 4.71. The van der Waals surface area contributed by atoms with Crippen LogP contribution in [0.4, 0.5) is 0 Å². The van der Waals surface area contributed by atoms with E-state index in [0.717, 1.165) is 16.9 Å². The van der Waals surface area contributed by atoms with Crippen LogP contribution in [0.1, 0.15) is 23.6 Å². The van der Waals surface area contributed by atoms with Gasteiger partial charge in [-0.25, -0.2) is 0 Å². The molecular formula is C17H16N2O2. The summed E-state index contributed by atoms with van der Waals surface area (Å²) in [6.07, 6.45) is 0.605. The summed E-state index contributed by atoms with van der Waals surface area (Å²) in [5, 5.41) is 20.8. The highest BCUT2D eigenvalue weighted by atomic mass is 16.5. The van der Waals surface area contributed by atoms with Gasteiger partial charge in [-0.15, -0.1) is 0 Å². The van der Waals surface area contributed by atoms with Gasteiger partial charge < -0.3 is 9.94 Å². The van der Waals surface area contributed by atoms with E-state index in [0.29, 0.717) is 24.3 Å². The van der Waals surface area contributed by atoms with Gasteiger partial charge in [-0.2, -0.15) is 5.26 Å². The van der Waals surface area contributed by atoms with E-state index in [1.54, 1.807) is 13.0 Å². The molecule has 2 rings (SSSR count). The highest BCUT2D eigenvalue weighted by molar-refractivity contribution is 5.83. The highest BCUT2D eigenvalue weighted by Gasteiger charge is 2.02. The van der Waals surface area contributed by atoms with Gasteiger partial charge in [0, 0.05) is 12.0 Å². The Labute approximate surface area is 123 Å². The van der Waals surface area contributed by atoms with Crippen LogP contribution in [0.2, 0.25) is 0 Å². The minimum atomic E-state index is 0.361. The monoisotopic (exact) mass is 280 g/mol. The Hall–Kier alpha value is -2.80. The average Bonchev–Trinajstić information content (AvgIpc) is 2.54. The largest absolute Gasteiger partial charge is 0.489 e. The van der Waals surface area contributed by atoms with E-state index in [-0.39, 0.29) is 0 Å². The van der Waals surface area contributed by atoms with E-state index in [1.165, 1.54) is 0 Å². The molecule has 0 atom stereocenters. The Bertz CT molecular complexity index is 670. The molecule has 4 heteroatoms. The van der Waals surface area contributed by atoms with Gasteiger partial charge in [0.15, 0.2) is 0 Å². The van der Waals surface area contributed by atoms with Crippen LogP contribution < -0.4 is 4.74 Å². The zero-order valence-corrected chi connectivity index (χ0v) is 11.8. The fourth-order valence-electron chi connectivity index (χ4n) is 1.95. The molecule has 0 aromatic heterocycles. The van der Waals surface area contributed by atoms with Crippen LogP contribution in [-0.4, -0.2) is 10.9 Å². The molecule has 106 valence electrons. The highest BCUT2D eigenvalue weighted by Crippen LogP contribution is 2.16. The molecule has 0 aliphatic carbocycles. The van der Waals surface area contributed by atoms with Crippen molar-refractivity contribution in [2.24, 2.45) is 5.16 Å². The van der Waals surface area contributed by atoms with Crippen molar-refractivity contribution >= 4 is 5.71 Å². The summed E-state index contributed by atoms with van der Waals surface area (Å²) in [4.78, 5) is 0. The lowest BCUT2D eigenvalue weighted by atomic mass is 10.1. The van der Waals surface area contributed by atoms with Crippen LogP contribution in [0.15, 0.2) is 53.7 Å². The summed E-state index contributed by atoms with van der Waals surface area (Å²) in [6, 6.07) is 17.1. The maximum Gasteiger partial charge on any atom is 0.119 e. The smallest absolute Gasteiger partial charge is 0.119 e. The third-order valence-electron chi connectivity index (χ3n) is 3.09. The number of hydrogen-bond acceptors (Lipinski definition) is 4. The molecule has 0 amide bonds. The van der Waals surface area contributed by atoms with Crippen molar-refractivity contribution in [3.8, 4) is 11.8 Å². The molecule has 0 heterocycles. The van der Waals surface area contributed by atoms with Gasteiger partial charge in [-0.1, -0.05) is 35.5 Å². The first kappa shape index (κ1) is 14.6. The standard InChI is InChI=1S/C17H16N2O2/c1-13(19-20)10-14-6-8-17(9-7-14)21-12-16-5-3-2-4-15(16)11-18/h2-9,20H,10,12H2,1H3/b19-13-. The summed E-state index contributed by atoms with van der Waals surface area (Å²) >= 11 is 0. The summed E-state index contributed by atoms with van der Waals surface area (Å²) in [5.41, 5.74) is 3.21. The van der Waals surface area contributed by atoms with Gasteiger partial charge >= 0.3 is 0 Å². The molecule has 0 radical (unpaired) electrons. The Morgan fingerprint density at radius 1 is 1.19 bits per heavy atom. The molecule has 0 fully saturated rings. The average molecular weight is 280 g/mol. The van der Waals surface area contributed by atoms with Gasteiger partial charge in [0.2, 0.25) is 0 Å². The number of rotatable bonds is 5. The molecule has 0 unspecified atom stereocenters. The first-order valence-corrected chi connectivity index (χ1v) is 6.60. The van der Waals surface area contributed by atoms with E-state index in [4.69, 9.17) is 15.2 Å². The maximum absolute atomic E-state index is 9.02. The van der Waals surface area contributed by atoms with Crippen LogP contribution in [0, 0.1) is 11.3 Å². The van der Waals surface area contributed by atoms with Crippen molar-refractivity contribution in [1.29, 1.82) is 5.26 Å². The van der Waals surface area contributed by atoms with E-state index >= 15 is 0 Å². The molecule has 0 aliphatic rings. The van der Waals surface area contributed by atoms with Gasteiger partial charge in [0.1, 0.15) is 12.4 Å². The third-order valence-corrected chi connectivity index (χ3v) is 3.09. The molecule has 0 bridgehead atoms. The van der Waals surface area contributed by atoms with E-state index in [1.807, 2.05) is 42.5 Å². The molecule has 2 aromatic rings. The Morgan fingerprint density at radius 2 is 1.90 bits per heavy atom. The lowest BCUT2D eigenvalue weighted by molar-refractivity contribution is 0.306. The van der Waals surface area contributed by atoms with Crippen molar-refractivity contribution in [3.63, 3.8) is 0 Å². The second kappa shape index (κ2) is 7.11. The minimum absolute atomic E-state index is 0.361. The van der Waals surface area contributed by atoms with Gasteiger partial charge in [-0.3, -0.25) is 0 Å². The number of oxime groups is 1. The Balaban J connectivity index is 1.99. The fourth-order valence-corrected chi connectivity index (χ4v) is 1.95. The third kappa shape index (κ3) is 4.08. The predicted octanol–water partition coefficient (Wildman–Crippen LogP) is 3.53. The first-order valence-electron chi connectivity index (χ1n) is 6.60. The molecule has 21 heavy (non-hydrogen) atoms. The number of hydrogen-bond donors (Lipinski definition) is 1. The van der Waals surface area contributed by atoms with E-state index in [9.17, 15) is 0 Å². The van der Waals surface area contributed by atoms with Crippen LogP contribution in [0.3, 0.4) is 0 Å². The van der Waals surface area contributed by atoms with Crippen molar-refractivity contribution in [3.05, 3.63) is 65.2 Å². The summed E-state index contributed by atoms with van der Waals surface area (Å²) in [7, 11) is 0. The van der Waals surface area contributed by atoms with Crippen LogP contribution in [0.25, 0.3) is 0 Å². The van der Waals surface area contributed by atoms with Crippen molar-refractivity contribution in [1.82, 2.24) is 0 Å². The Morgan fingerprint density at radius 3 is 2.57 bits per heavy atom. The molecule has 0 saturated heterocycles. The second-order valence-electron chi connectivity index (χ2n) is 4.71. The molecule has 4 nitrogen and oxygen atoms in total. The molecule has 0 saturated carbocycles. The van der Waals surface area contributed by atoms with Gasteiger partial charge in [0.05, 0.1) is 17.3 Å². The topological polar surface area (TPSA) is 65.6 Å². The Kier molecular flexibility index (Phi) is 4.94. The van der Waals surface area contributed by atoms with Gasteiger partial charge in [-0.05, 0) is 30.7 Å². The summed E-state index contributed by atoms with van der Waals surface area (Å²) < 4.78 is 5.69. The SMILES string of the molecule is C/C(Cc1ccc(OCc2ccccc2C#N)cc1)=N/O. The fraction of sp³-hybridized carbons (Fsp3) is 0.176. The normalized spacial score (nSPS) is 11.0. The molecule has 2 aromatic carbocycles. The molecule has 0 aliphatic heterocycles. The van der Waals surface area contributed by atoms with E-state index < -0.39 is 0 Å². The van der Waals surface area contributed by atoms with Crippen LogP contribution in [0.5, 0.6) is 5.75 Å². The number of ether oxygens (including phenoxy) is 1. The predicted molar refractivity (Wildman–Crippen MR) is 80.5 cm³/mol. The molecular weight excluding hydrogens is 264 g/mol. The molecule has 1 N–H and O–H groups in total. The zero-order valence-electron chi connectivity index (χ0n) is 11.8. The maximum atomic E-state index is 9.02. The lowest BCUT2D eigenvalue weighted by Crippen LogP contribution is -1.99. The van der Waals surface area contributed by atoms with Crippen LogP contribution in [-0.2, 0) is 13.0 Å². The lowest BCUT2D eigenvalue weighted by Gasteiger charge is -2.08. The quantitative estimate of drug-likeness (QED) is 0.517. The van der Waals surface area contributed by atoms with Crippen molar-refractivity contribution < 1.29 is 9.94 Å². The molecule has 0 spiro atoms. The van der Waals surface area contributed by atoms with Crippen LogP contribution >= 0.6 is 0 Å². The first-order chi connectivity index (χ1) is 10.2. The zero-order chi connectivity index (χ0) is 15.1. The number of nitrogens with zero attached hydrogens (tertiary/aromatic N) is 2. The number of benzene rings is 2. The minimum Gasteiger partial charge on any atom is -0.489 e. The van der Waals surface area contributed by atoms with E-state index in [2.05, 4.69) is 11.2 Å². The summed E-state index contributed by atoms with van der Waals surface area (Å²) in [5.74, 6) is 0.741. The van der Waals surface area contributed by atoms with Crippen molar-refractivity contribution in [2.45, 2.75) is 20.0 Å². The van der Waals surface area contributed by atoms with Gasteiger partial charge in [0.25, 0.3) is 0 Å². The van der Waals surface area contributed by atoms with Crippen molar-refractivity contribution in [2.75, 3.05) is 0 Å².